The molecule has 0 N–H and O–H groups in total. The van der Waals surface area contributed by atoms with E-state index in [9.17, 15) is 0 Å². The first-order valence-electron chi connectivity index (χ1n) is 0.943. The van der Waals surface area contributed by atoms with E-state index in [1.165, 1.54) is 0 Å². The molecular formula is B2O3. The van der Waals surface area contributed by atoms with Gasteiger partial charge in [-0.2, -0.15) is 0 Å². The zero-order valence-corrected chi connectivity index (χ0v) is 2.38. The minimum atomic E-state index is 0.0625. The topological polar surface area (TPSA) is 43.4 Å². The first kappa shape index (κ1) is 4.53. The molecule has 0 atom stereocenters. The Balaban J connectivity index is 2.65. The van der Waals surface area contributed by atoms with Gasteiger partial charge in [-0.05, 0) is 0 Å². The summed E-state index contributed by atoms with van der Waals surface area (Å²) in [6, 6.07) is 0. The van der Waals surface area contributed by atoms with Crippen LogP contribution in [0.15, 0.2) is 0 Å². The molecule has 0 aliphatic carbocycles. The van der Waals surface area contributed by atoms with Gasteiger partial charge in [0.25, 0.3) is 0 Å². The molecule has 5 heteroatoms. The van der Waals surface area contributed by atoms with Crippen LogP contribution in [-0.2, 0) is 14.0 Å². The van der Waals surface area contributed by atoms with Gasteiger partial charge in [-0.15, -0.1) is 0 Å². The van der Waals surface area contributed by atoms with Crippen LogP contribution in [0.1, 0.15) is 0 Å². The quantitative estimate of drug-likeness (QED) is 0.310. The van der Waals surface area contributed by atoms with E-state index >= 15 is 0 Å². The van der Waals surface area contributed by atoms with Gasteiger partial charge in [0.2, 0.25) is 0 Å². The van der Waals surface area contributed by atoms with Crippen molar-refractivity contribution in [3.8, 4) is 0 Å². The van der Waals surface area contributed by atoms with Gasteiger partial charge in [0.05, 0.1) is 0 Å². The molecule has 0 amide bonds. The Morgan fingerprint density at radius 2 is 1.60 bits per heavy atom. The molecule has 0 rings (SSSR count). The number of hydrogen-bond acceptors (Lipinski definition) is 3. The first-order valence-corrected chi connectivity index (χ1v) is 0.943. The van der Waals surface area contributed by atoms with Crippen LogP contribution in [0.4, 0.5) is 0 Å². The second-order valence-electron chi connectivity index (χ2n) is 0.329. The molecule has 0 spiro atoms. The Morgan fingerprint density at radius 1 is 1.20 bits per heavy atom. The fraction of sp³-hybridized carbons (Fsp3) is 0. The molecule has 5 heavy (non-hydrogen) atoms. The van der Waals surface area contributed by atoms with Crippen LogP contribution < -0.4 is 0 Å². The molecular weight excluding hydrogens is 75.6 g/mol. The van der Waals surface area contributed by atoms with Crippen molar-refractivity contribution in [2.75, 3.05) is 0 Å². The van der Waals surface area contributed by atoms with Gasteiger partial charge in [-0.25, -0.2) is 0 Å². The third kappa shape index (κ3) is 3.53. The predicted molar refractivity (Wildman–Crippen MR) is 14.0 cm³/mol. The zero-order chi connectivity index (χ0) is 4.12. The van der Waals surface area contributed by atoms with E-state index in [2.05, 4.69) is 4.57 Å². The molecule has 0 bridgehead atoms. The van der Waals surface area contributed by atoms with Gasteiger partial charge in [-0.1, -0.05) is 0 Å². The second-order valence-corrected chi connectivity index (χ2v) is 0.329. The average Bonchev–Trinajstić information content (AvgIpc) is 1.41. The van der Waals surface area contributed by atoms with E-state index in [1.54, 1.807) is 0 Å². The van der Waals surface area contributed by atoms with E-state index in [4.69, 9.17) is 9.41 Å². The van der Waals surface area contributed by atoms with Crippen LogP contribution in [0.5, 0.6) is 0 Å². The fourth-order valence-electron chi connectivity index (χ4n) is 0.0227. The molecule has 0 aliphatic rings. The number of hydrogen-bond donors (Lipinski definition) is 0. The molecule has 0 fully saturated rings. The third-order valence-corrected chi connectivity index (χ3v) is 0.111. The van der Waals surface area contributed by atoms with Gasteiger partial charge in [0, 0.05) is 0 Å². The standard InChI is InChI=1S/B2O3/c3-1-5-2-4/i3+2,4+2,5+2. The normalized spacial score (nSPS) is 4.00. The molecule has 0 unspecified atom stereocenters. The van der Waals surface area contributed by atoms with Crippen molar-refractivity contribution in [2.24, 2.45) is 0 Å². The summed E-state index contributed by atoms with van der Waals surface area (Å²) in [6.45, 7) is 0. The third-order valence-electron chi connectivity index (χ3n) is 0.111. The summed E-state index contributed by atoms with van der Waals surface area (Å²) in [4.78, 5) is 0. The molecule has 0 radical (unpaired) electrons. The van der Waals surface area contributed by atoms with Crippen molar-refractivity contribution in [1.29, 1.82) is 0 Å². The van der Waals surface area contributed by atoms with E-state index in [1.807, 2.05) is 0 Å². The van der Waals surface area contributed by atoms with E-state index in [0.29, 0.717) is 0 Å². The molecule has 0 saturated heterocycles. The predicted octanol–water partition coefficient (Wildman–Crippen LogP) is -1.07. The summed E-state index contributed by atoms with van der Waals surface area (Å²) in [5.41, 5.74) is 0. The monoisotopic (exact) mass is 76.0 g/mol. The van der Waals surface area contributed by atoms with Crippen molar-refractivity contribution in [3.05, 3.63) is 0 Å². The summed E-state index contributed by atoms with van der Waals surface area (Å²) >= 11 is 0. The number of rotatable bonds is 2. The summed E-state index contributed by atoms with van der Waals surface area (Å²) < 4.78 is 21.4. The van der Waals surface area contributed by atoms with E-state index in [0.717, 1.165) is 0 Å². The van der Waals surface area contributed by atoms with Gasteiger partial charge < -0.3 is 0 Å². The maximum atomic E-state index is 8.95. The minimum absolute atomic E-state index is 0.0625. The van der Waals surface area contributed by atoms with Crippen molar-refractivity contribution in [3.63, 3.8) is 0 Å². The van der Waals surface area contributed by atoms with Gasteiger partial charge in [0.15, 0.2) is 0 Å². The Bertz CT molecular complexity index is 34.2. The Hall–Kier alpha value is -0.470. The summed E-state index contributed by atoms with van der Waals surface area (Å²) in [6.07, 6.45) is 0. The average molecular weight is 75.6 g/mol. The van der Waals surface area contributed by atoms with Crippen LogP contribution in [-0.4, -0.2) is 14.7 Å². The first-order chi connectivity index (χ1) is 2.41. The summed E-state index contributed by atoms with van der Waals surface area (Å²) in [5, 5.41) is 0. The van der Waals surface area contributed by atoms with E-state index in [-0.39, 0.29) is 14.7 Å². The van der Waals surface area contributed by atoms with Crippen molar-refractivity contribution < 1.29 is 14.0 Å². The Morgan fingerprint density at radius 3 is 1.60 bits per heavy atom. The molecule has 0 aliphatic heterocycles. The maximum absolute atomic E-state index is 8.95. The van der Waals surface area contributed by atoms with Gasteiger partial charge in [-0.3, -0.25) is 0 Å². The van der Waals surface area contributed by atoms with Crippen molar-refractivity contribution in [2.45, 2.75) is 0 Å². The van der Waals surface area contributed by atoms with E-state index < -0.39 is 0 Å². The Labute approximate surface area is 29.9 Å². The summed E-state index contributed by atoms with van der Waals surface area (Å²) in [7, 11) is 0.125. The summed E-state index contributed by atoms with van der Waals surface area (Å²) in [5.74, 6) is 0. The molecule has 0 heterocycles. The van der Waals surface area contributed by atoms with Crippen molar-refractivity contribution >= 4 is 14.7 Å². The van der Waals surface area contributed by atoms with Crippen LogP contribution in [0.25, 0.3) is 0 Å². The van der Waals surface area contributed by atoms with Crippen LogP contribution in [0, 0.1) is 0 Å². The molecule has 0 aromatic rings. The van der Waals surface area contributed by atoms with Gasteiger partial charge in [0.1, 0.15) is 0 Å². The van der Waals surface area contributed by atoms with Gasteiger partial charge >= 0.3 is 28.7 Å². The SMILES string of the molecule is [18O]=B[18O]B=[18O]. The molecule has 3 nitrogen and oxygen atoms in total. The Kier molecular flexibility index (Phi) is 3.20. The molecule has 0 aromatic heterocycles. The second kappa shape index (κ2) is 3.53. The molecule has 0 aromatic carbocycles. The molecule has 24 valence electrons. The molecule has 0 saturated carbocycles. The van der Waals surface area contributed by atoms with Crippen LogP contribution in [0.2, 0.25) is 0 Å². The van der Waals surface area contributed by atoms with Crippen LogP contribution >= 0.6 is 0 Å². The zero-order valence-electron chi connectivity index (χ0n) is 2.38. The fourth-order valence-corrected chi connectivity index (χ4v) is 0.0227. The van der Waals surface area contributed by atoms with Crippen LogP contribution in [0.3, 0.4) is 0 Å². The van der Waals surface area contributed by atoms with Crippen molar-refractivity contribution in [1.82, 2.24) is 0 Å².